The summed E-state index contributed by atoms with van der Waals surface area (Å²) in [6.45, 7) is 2.41. The van der Waals surface area contributed by atoms with E-state index in [1.54, 1.807) is 11.0 Å². The van der Waals surface area contributed by atoms with Crippen LogP contribution in [0.15, 0.2) is 65.2 Å². The first-order chi connectivity index (χ1) is 12.2. The van der Waals surface area contributed by atoms with Crippen LogP contribution in [0.2, 0.25) is 0 Å². The van der Waals surface area contributed by atoms with Crippen molar-refractivity contribution >= 4 is 11.6 Å². The summed E-state index contributed by atoms with van der Waals surface area (Å²) in [5, 5.41) is 3.86. The molecule has 1 amide bonds. The molecule has 1 aliphatic rings. The van der Waals surface area contributed by atoms with E-state index in [0.29, 0.717) is 12.5 Å². The number of nitrogens with zero attached hydrogens (tertiary/aromatic N) is 2. The zero-order valence-electron chi connectivity index (χ0n) is 13.9. The topological polar surface area (TPSA) is 55.6 Å². The molecule has 4 rings (SSSR count). The lowest BCUT2D eigenvalue weighted by atomic mass is 10.1. The van der Waals surface area contributed by atoms with Crippen LogP contribution in [-0.4, -0.2) is 17.1 Å². The Hall–Kier alpha value is -3.08. The van der Waals surface area contributed by atoms with Gasteiger partial charge in [0.1, 0.15) is 6.61 Å². The number of aromatic nitrogens is 1. The van der Waals surface area contributed by atoms with Crippen LogP contribution in [0.5, 0.6) is 5.88 Å². The largest absolute Gasteiger partial charge is 0.471 e. The summed E-state index contributed by atoms with van der Waals surface area (Å²) in [5.41, 5.74) is 3.13. The number of rotatable bonds is 4. The van der Waals surface area contributed by atoms with Gasteiger partial charge in [0.05, 0.1) is 6.07 Å². The van der Waals surface area contributed by atoms with E-state index >= 15 is 0 Å². The molecule has 126 valence electrons. The van der Waals surface area contributed by atoms with Crippen LogP contribution < -0.4 is 9.64 Å². The van der Waals surface area contributed by atoms with Gasteiger partial charge in [-0.15, -0.1) is 0 Å². The monoisotopic (exact) mass is 334 g/mol. The lowest BCUT2D eigenvalue weighted by Crippen LogP contribution is -2.35. The van der Waals surface area contributed by atoms with Crippen molar-refractivity contribution in [3.8, 4) is 5.88 Å². The van der Waals surface area contributed by atoms with Crippen LogP contribution in [0.25, 0.3) is 0 Å². The second kappa shape index (κ2) is 6.43. The fraction of sp³-hybridized carbons (Fsp3) is 0.200. The van der Waals surface area contributed by atoms with Crippen molar-refractivity contribution < 1.29 is 14.1 Å². The SMILES string of the molecule is C[C@H]1Cc2ccccc2N1C(=O)c1cc(OCc2ccccc2)no1. The molecule has 2 heterocycles. The zero-order valence-corrected chi connectivity index (χ0v) is 13.9. The number of benzene rings is 2. The van der Waals surface area contributed by atoms with Crippen LogP contribution in [-0.2, 0) is 13.0 Å². The van der Waals surface area contributed by atoms with Crippen molar-refractivity contribution in [2.75, 3.05) is 4.90 Å². The highest BCUT2D eigenvalue weighted by Gasteiger charge is 2.33. The zero-order chi connectivity index (χ0) is 17.2. The van der Waals surface area contributed by atoms with Gasteiger partial charge in [-0.2, -0.15) is 0 Å². The summed E-state index contributed by atoms with van der Waals surface area (Å²) < 4.78 is 10.8. The van der Waals surface area contributed by atoms with E-state index < -0.39 is 0 Å². The van der Waals surface area contributed by atoms with Crippen molar-refractivity contribution in [2.45, 2.75) is 26.0 Å². The van der Waals surface area contributed by atoms with Crippen molar-refractivity contribution in [2.24, 2.45) is 0 Å². The van der Waals surface area contributed by atoms with Crippen LogP contribution in [0.1, 0.15) is 28.6 Å². The molecule has 0 radical (unpaired) electrons. The molecule has 1 atom stereocenters. The molecule has 1 aliphatic heterocycles. The number of carbonyl (C=O) groups excluding carboxylic acids is 1. The minimum Gasteiger partial charge on any atom is -0.471 e. The molecule has 5 nitrogen and oxygen atoms in total. The summed E-state index contributed by atoms with van der Waals surface area (Å²) in [7, 11) is 0. The van der Waals surface area contributed by atoms with Gasteiger partial charge in [0.15, 0.2) is 0 Å². The van der Waals surface area contributed by atoms with Crippen molar-refractivity contribution in [1.82, 2.24) is 5.16 Å². The summed E-state index contributed by atoms with van der Waals surface area (Å²) in [4.78, 5) is 14.6. The Morgan fingerprint density at radius 3 is 2.80 bits per heavy atom. The Labute approximate surface area is 145 Å². The van der Waals surface area contributed by atoms with Crippen LogP contribution in [0.4, 0.5) is 5.69 Å². The van der Waals surface area contributed by atoms with E-state index in [0.717, 1.165) is 17.7 Å². The normalized spacial score (nSPS) is 15.9. The third kappa shape index (κ3) is 3.01. The Bertz CT molecular complexity index is 889. The Morgan fingerprint density at radius 1 is 1.20 bits per heavy atom. The molecule has 0 fully saturated rings. The minimum absolute atomic E-state index is 0.0867. The average Bonchev–Trinajstić information content (AvgIpc) is 3.24. The summed E-state index contributed by atoms with van der Waals surface area (Å²) >= 11 is 0. The number of hydrogen-bond donors (Lipinski definition) is 0. The number of carbonyl (C=O) groups is 1. The first-order valence-electron chi connectivity index (χ1n) is 8.27. The van der Waals surface area contributed by atoms with E-state index in [4.69, 9.17) is 9.26 Å². The Kier molecular flexibility index (Phi) is 3.98. The fourth-order valence-corrected chi connectivity index (χ4v) is 3.15. The van der Waals surface area contributed by atoms with Crippen molar-refractivity contribution in [1.29, 1.82) is 0 Å². The molecular weight excluding hydrogens is 316 g/mol. The van der Waals surface area contributed by atoms with E-state index in [1.807, 2.05) is 61.5 Å². The molecule has 25 heavy (non-hydrogen) atoms. The van der Waals surface area contributed by atoms with Gasteiger partial charge in [-0.3, -0.25) is 4.79 Å². The lowest BCUT2D eigenvalue weighted by molar-refractivity contribution is 0.0945. The Morgan fingerprint density at radius 2 is 1.96 bits per heavy atom. The van der Waals surface area contributed by atoms with Crippen LogP contribution in [0, 0.1) is 0 Å². The summed E-state index contributed by atoms with van der Waals surface area (Å²) in [6.07, 6.45) is 0.841. The highest BCUT2D eigenvalue weighted by atomic mass is 16.5. The van der Waals surface area contributed by atoms with E-state index in [1.165, 1.54) is 5.56 Å². The molecule has 0 spiro atoms. The van der Waals surface area contributed by atoms with Gasteiger partial charge in [0.2, 0.25) is 5.76 Å². The third-order valence-electron chi connectivity index (χ3n) is 4.35. The molecule has 0 bridgehead atoms. The summed E-state index contributed by atoms with van der Waals surface area (Å²) in [5.74, 6) is 0.304. The maximum Gasteiger partial charge on any atom is 0.297 e. The second-order valence-electron chi connectivity index (χ2n) is 6.16. The molecule has 0 saturated heterocycles. The number of ether oxygens (including phenoxy) is 1. The van der Waals surface area contributed by atoms with Gasteiger partial charge in [-0.05, 0) is 35.7 Å². The maximum absolute atomic E-state index is 12.8. The van der Waals surface area contributed by atoms with Crippen LogP contribution in [0.3, 0.4) is 0 Å². The van der Waals surface area contributed by atoms with Gasteiger partial charge in [-0.25, -0.2) is 0 Å². The molecule has 0 aliphatic carbocycles. The molecule has 3 aromatic rings. The van der Waals surface area contributed by atoms with E-state index in [9.17, 15) is 4.79 Å². The minimum atomic E-state index is -0.195. The second-order valence-corrected chi connectivity index (χ2v) is 6.16. The highest BCUT2D eigenvalue weighted by molar-refractivity contribution is 6.06. The lowest BCUT2D eigenvalue weighted by Gasteiger charge is -2.20. The molecule has 1 aromatic heterocycles. The number of para-hydroxylation sites is 1. The quantitative estimate of drug-likeness (QED) is 0.727. The molecule has 2 aromatic carbocycles. The van der Waals surface area contributed by atoms with Gasteiger partial charge in [-0.1, -0.05) is 48.5 Å². The van der Waals surface area contributed by atoms with Crippen molar-refractivity contribution in [3.63, 3.8) is 0 Å². The number of hydrogen-bond acceptors (Lipinski definition) is 4. The van der Waals surface area contributed by atoms with E-state index in [2.05, 4.69) is 5.16 Å². The Balaban J connectivity index is 1.49. The smallest absolute Gasteiger partial charge is 0.297 e. The van der Waals surface area contributed by atoms with Crippen LogP contribution >= 0.6 is 0 Å². The predicted octanol–water partition coefficient (Wildman–Crippen LogP) is 3.85. The molecule has 0 N–H and O–H groups in total. The number of anilines is 1. The first kappa shape index (κ1) is 15.4. The average molecular weight is 334 g/mol. The number of amides is 1. The van der Waals surface area contributed by atoms with Gasteiger partial charge in [0, 0.05) is 11.7 Å². The highest BCUT2D eigenvalue weighted by Crippen LogP contribution is 2.33. The van der Waals surface area contributed by atoms with Crippen molar-refractivity contribution in [3.05, 3.63) is 77.6 Å². The third-order valence-corrected chi connectivity index (χ3v) is 4.35. The van der Waals surface area contributed by atoms with Gasteiger partial charge in [0.25, 0.3) is 11.8 Å². The fourth-order valence-electron chi connectivity index (χ4n) is 3.15. The molecule has 0 saturated carbocycles. The molecular formula is C20H18N2O3. The number of fused-ring (bicyclic) bond motifs is 1. The van der Waals surface area contributed by atoms with Gasteiger partial charge < -0.3 is 14.2 Å². The van der Waals surface area contributed by atoms with E-state index in [-0.39, 0.29) is 17.7 Å². The summed E-state index contributed by atoms with van der Waals surface area (Å²) in [6, 6.07) is 19.4. The molecule has 5 heteroatoms. The van der Waals surface area contributed by atoms with Gasteiger partial charge >= 0.3 is 0 Å². The maximum atomic E-state index is 12.8. The predicted molar refractivity (Wildman–Crippen MR) is 93.7 cm³/mol. The standard InChI is InChI=1S/C20H18N2O3/c1-14-11-16-9-5-6-10-17(16)22(14)20(23)18-12-19(21-25-18)24-13-15-7-3-2-4-8-15/h2-10,12,14H,11,13H2,1H3/t14-/m0/s1. The first-order valence-corrected chi connectivity index (χ1v) is 8.27. The molecule has 0 unspecified atom stereocenters.